The zero-order valence-electron chi connectivity index (χ0n) is 21.2. The molecule has 1 aromatic rings. The Bertz CT molecular complexity index is 822. The summed E-state index contributed by atoms with van der Waals surface area (Å²) >= 11 is 0. The molecule has 1 aliphatic rings. The van der Waals surface area contributed by atoms with Gasteiger partial charge in [-0.3, -0.25) is 4.79 Å². The summed E-state index contributed by atoms with van der Waals surface area (Å²) in [6.45, 7) is 10.8. The van der Waals surface area contributed by atoms with E-state index in [9.17, 15) is 14.7 Å². The summed E-state index contributed by atoms with van der Waals surface area (Å²) < 4.78 is 16.5. The minimum Gasteiger partial charge on any atom is -0.493 e. The van der Waals surface area contributed by atoms with Crippen molar-refractivity contribution in [3.8, 4) is 11.5 Å². The number of benzene rings is 1. The van der Waals surface area contributed by atoms with Crippen LogP contribution in [0.5, 0.6) is 11.5 Å². The molecule has 0 aliphatic carbocycles. The molecular weight excluding hydrogens is 440 g/mol. The summed E-state index contributed by atoms with van der Waals surface area (Å²) in [6.07, 6.45) is 0.0633. The number of nitrogens with zero attached hydrogens (tertiary/aromatic N) is 2. The number of aliphatic hydroxyl groups excluding tert-OH is 2. The summed E-state index contributed by atoms with van der Waals surface area (Å²) in [7, 11) is 1.53. The Balaban J connectivity index is 2.18. The van der Waals surface area contributed by atoms with Crippen molar-refractivity contribution in [2.75, 3.05) is 46.6 Å². The van der Waals surface area contributed by atoms with Crippen LogP contribution in [0.2, 0.25) is 0 Å². The molecule has 1 heterocycles. The number of amides is 2. The number of methoxy groups -OCH3 is 1. The molecule has 0 spiro atoms. The predicted octanol–water partition coefficient (Wildman–Crippen LogP) is 2.78. The molecule has 9 nitrogen and oxygen atoms in total. The number of aliphatic hydroxyl groups is 2. The van der Waals surface area contributed by atoms with E-state index in [0.717, 1.165) is 0 Å². The van der Waals surface area contributed by atoms with Gasteiger partial charge in [0.25, 0.3) is 5.91 Å². The van der Waals surface area contributed by atoms with E-state index in [1.54, 1.807) is 28.0 Å². The van der Waals surface area contributed by atoms with E-state index in [4.69, 9.17) is 19.3 Å². The number of rotatable bonds is 10. The van der Waals surface area contributed by atoms with Gasteiger partial charge in [0.1, 0.15) is 5.60 Å². The van der Waals surface area contributed by atoms with E-state index in [1.165, 1.54) is 7.11 Å². The number of hydrogen-bond donors (Lipinski definition) is 2. The van der Waals surface area contributed by atoms with Crippen LogP contribution in [0.4, 0.5) is 4.79 Å². The lowest BCUT2D eigenvalue weighted by molar-refractivity contribution is 0.0279. The molecule has 0 radical (unpaired) electrons. The second-order valence-electron chi connectivity index (χ2n) is 9.93. The van der Waals surface area contributed by atoms with Crippen LogP contribution >= 0.6 is 0 Å². The molecule has 0 unspecified atom stereocenters. The first-order valence-corrected chi connectivity index (χ1v) is 11.8. The van der Waals surface area contributed by atoms with Crippen molar-refractivity contribution < 1.29 is 34.0 Å². The highest BCUT2D eigenvalue weighted by atomic mass is 16.6. The topological polar surface area (TPSA) is 109 Å². The van der Waals surface area contributed by atoms with Crippen LogP contribution < -0.4 is 9.47 Å². The van der Waals surface area contributed by atoms with Crippen LogP contribution in [-0.2, 0) is 4.74 Å². The maximum Gasteiger partial charge on any atom is 0.410 e. The standard InChI is InChI=1S/C25H40N2O7/c1-17(2)27(15-19-13-26(14-20(19)16-29)24(31)34-25(3,4)5)23(30)18-8-9-21(32-6)22(12-18)33-11-7-10-28/h8-9,12,17,19-20,28-29H,7,10-11,13-16H2,1-6H3/t19-,20-/m0/s1. The first kappa shape index (κ1) is 27.7. The van der Waals surface area contributed by atoms with E-state index in [-0.39, 0.29) is 37.0 Å². The van der Waals surface area contributed by atoms with E-state index < -0.39 is 11.7 Å². The van der Waals surface area contributed by atoms with Gasteiger partial charge in [-0.25, -0.2) is 4.79 Å². The van der Waals surface area contributed by atoms with Crippen molar-refractivity contribution in [1.82, 2.24) is 9.80 Å². The van der Waals surface area contributed by atoms with Gasteiger partial charge in [0.05, 0.1) is 13.7 Å². The molecule has 0 bridgehead atoms. The smallest absolute Gasteiger partial charge is 0.410 e. The third-order valence-electron chi connectivity index (χ3n) is 5.75. The molecule has 1 saturated heterocycles. The molecule has 2 N–H and O–H groups in total. The summed E-state index contributed by atoms with van der Waals surface area (Å²) in [4.78, 5) is 29.4. The molecule has 1 fully saturated rings. The monoisotopic (exact) mass is 480 g/mol. The number of hydrogen-bond acceptors (Lipinski definition) is 7. The fraction of sp³-hybridized carbons (Fsp3) is 0.680. The molecule has 1 aromatic carbocycles. The SMILES string of the molecule is COc1ccc(C(=O)N(C[C@@H]2CN(C(=O)OC(C)(C)C)C[C@H]2CO)C(C)C)cc1OCCCO. The molecule has 2 rings (SSSR count). The first-order valence-electron chi connectivity index (χ1n) is 11.8. The Morgan fingerprint density at radius 2 is 1.82 bits per heavy atom. The van der Waals surface area contributed by atoms with Gasteiger partial charge in [-0.2, -0.15) is 0 Å². The molecule has 1 aliphatic heterocycles. The molecule has 9 heteroatoms. The highest BCUT2D eigenvalue weighted by Gasteiger charge is 2.38. The predicted molar refractivity (Wildman–Crippen MR) is 128 cm³/mol. The lowest BCUT2D eigenvalue weighted by Gasteiger charge is -2.31. The Kier molecular flexibility index (Phi) is 10.00. The van der Waals surface area contributed by atoms with Crippen LogP contribution in [0, 0.1) is 11.8 Å². The van der Waals surface area contributed by atoms with E-state index in [1.807, 2.05) is 34.6 Å². The van der Waals surface area contributed by atoms with Crippen molar-refractivity contribution in [3.63, 3.8) is 0 Å². The van der Waals surface area contributed by atoms with Crippen molar-refractivity contribution in [1.29, 1.82) is 0 Å². The zero-order valence-corrected chi connectivity index (χ0v) is 21.2. The summed E-state index contributed by atoms with van der Waals surface area (Å²) in [5.41, 5.74) is -0.147. The normalized spacial score (nSPS) is 18.2. The average molecular weight is 481 g/mol. The van der Waals surface area contributed by atoms with E-state index in [0.29, 0.717) is 49.7 Å². The van der Waals surface area contributed by atoms with Crippen molar-refractivity contribution in [2.45, 2.75) is 52.7 Å². The molecule has 2 atom stereocenters. The summed E-state index contributed by atoms with van der Waals surface area (Å²) in [6, 6.07) is 4.94. The fourth-order valence-corrected chi connectivity index (χ4v) is 3.94. The Morgan fingerprint density at radius 3 is 2.38 bits per heavy atom. The third kappa shape index (κ3) is 7.50. The highest BCUT2D eigenvalue weighted by molar-refractivity contribution is 5.95. The van der Waals surface area contributed by atoms with Gasteiger partial charge in [-0.15, -0.1) is 0 Å². The van der Waals surface area contributed by atoms with Crippen LogP contribution in [0.25, 0.3) is 0 Å². The molecule has 0 saturated carbocycles. The lowest BCUT2D eigenvalue weighted by Crippen LogP contribution is -2.42. The quantitative estimate of drug-likeness (QED) is 0.496. The van der Waals surface area contributed by atoms with Crippen LogP contribution in [0.1, 0.15) is 51.4 Å². The highest BCUT2D eigenvalue weighted by Crippen LogP contribution is 2.30. The third-order valence-corrected chi connectivity index (χ3v) is 5.75. The van der Waals surface area contributed by atoms with Gasteiger partial charge in [0.2, 0.25) is 0 Å². The maximum absolute atomic E-state index is 13.5. The van der Waals surface area contributed by atoms with Gasteiger partial charge >= 0.3 is 6.09 Å². The lowest BCUT2D eigenvalue weighted by atomic mass is 9.95. The molecule has 192 valence electrons. The largest absolute Gasteiger partial charge is 0.493 e. The van der Waals surface area contributed by atoms with Crippen LogP contribution in [0.15, 0.2) is 18.2 Å². The molecular formula is C25H40N2O7. The van der Waals surface area contributed by atoms with Gasteiger partial charge in [-0.05, 0) is 52.8 Å². The maximum atomic E-state index is 13.5. The van der Waals surface area contributed by atoms with Gasteiger partial charge in [0, 0.05) is 62.7 Å². The van der Waals surface area contributed by atoms with E-state index in [2.05, 4.69) is 0 Å². The average Bonchev–Trinajstić information content (AvgIpc) is 3.19. The first-order chi connectivity index (χ1) is 16.0. The minimum atomic E-state index is -0.602. The van der Waals surface area contributed by atoms with Crippen molar-refractivity contribution in [3.05, 3.63) is 23.8 Å². The van der Waals surface area contributed by atoms with Gasteiger partial charge in [0.15, 0.2) is 11.5 Å². The van der Waals surface area contributed by atoms with Crippen molar-refractivity contribution in [2.24, 2.45) is 11.8 Å². The van der Waals surface area contributed by atoms with Crippen molar-refractivity contribution >= 4 is 12.0 Å². The second kappa shape index (κ2) is 12.3. The van der Waals surface area contributed by atoms with Gasteiger partial charge < -0.3 is 34.2 Å². The second-order valence-corrected chi connectivity index (χ2v) is 9.93. The zero-order chi connectivity index (χ0) is 25.5. The number of carbonyl (C=O) groups is 2. The minimum absolute atomic E-state index is 0.00971. The van der Waals surface area contributed by atoms with Crippen LogP contribution in [0.3, 0.4) is 0 Å². The molecule has 2 amide bonds. The summed E-state index contributed by atoms with van der Waals surface area (Å²) in [5.74, 6) is 0.555. The Hall–Kier alpha value is -2.52. The fourth-order valence-electron chi connectivity index (χ4n) is 3.94. The summed E-state index contributed by atoms with van der Waals surface area (Å²) in [5, 5.41) is 19.0. The Labute approximate surface area is 202 Å². The molecule has 0 aromatic heterocycles. The number of ether oxygens (including phenoxy) is 3. The number of likely N-dealkylation sites (tertiary alicyclic amines) is 1. The van der Waals surface area contributed by atoms with Crippen LogP contribution in [-0.4, -0.2) is 90.2 Å². The number of carbonyl (C=O) groups excluding carboxylic acids is 2. The van der Waals surface area contributed by atoms with Gasteiger partial charge in [-0.1, -0.05) is 0 Å². The Morgan fingerprint density at radius 1 is 1.15 bits per heavy atom. The van der Waals surface area contributed by atoms with E-state index >= 15 is 0 Å². The molecule has 34 heavy (non-hydrogen) atoms.